The van der Waals surface area contributed by atoms with Gasteiger partial charge in [-0.1, -0.05) is 35.3 Å². The first kappa shape index (κ1) is 20.1. The molecule has 146 valence electrons. The molecule has 1 aromatic carbocycles. The van der Waals surface area contributed by atoms with Crippen molar-refractivity contribution < 1.29 is 13.2 Å². The molecule has 10 heteroatoms. The molecule has 0 radical (unpaired) electrons. The molecule has 0 aliphatic carbocycles. The molecule has 0 spiro atoms. The van der Waals surface area contributed by atoms with Crippen LogP contribution in [-0.2, 0) is 28.4 Å². The van der Waals surface area contributed by atoms with Gasteiger partial charge in [0, 0.05) is 32.9 Å². The van der Waals surface area contributed by atoms with Crippen LogP contribution in [-0.4, -0.2) is 41.3 Å². The Morgan fingerprint density at radius 1 is 1.37 bits per heavy atom. The van der Waals surface area contributed by atoms with E-state index >= 15 is 0 Å². The highest BCUT2D eigenvalue weighted by Crippen LogP contribution is 2.26. The molecule has 0 unspecified atom stereocenters. The lowest BCUT2D eigenvalue weighted by Gasteiger charge is -2.30. The van der Waals surface area contributed by atoms with Crippen LogP contribution in [0.2, 0.25) is 10.0 Å². The molecule has 27 heavy (non-hydrogen) atoms. The summed E-state index contributed by atoms with van der Waals surface area (Å²) in [6.45, 7) is 0.749. The van der Waals surface area contributed by atoms with Crippen LogP contribution in [0, 0.1) is 5.92 Å². The van der Waals surface area contributed by atoms with Gasteiger partial charge in [-0.3, -0.25) is 4.79 Å². The quantitative estimate of drug-likeness (QED) is 0.788. The first-order valence-electron chi connectivity index (χ1n) is 8.47. The summed E-state index contributed by atoms with van der Waals surface area (Å²) in [6, 6.07) is 5.22. The van der Waals surface area contributed by atoms with Crippen LogP contribution in [0.5, 0.6) is 0 Å². The minimum absolute atomic E-state index is 0.00299. The van der Waals surface area contributed by atoms with Crippen LogP contribution in [0.25, 0.3) is 0 Å². The zero-order valence-corrected chi connectivity index (χ0v) is 17.1. The van der Waals surface area contributed by atoms with Crippen LogP contribution in [0.1, 0.15) is 18.4 Å². The number of aryl methyl sites for hydroxylation is 1. The first-order chi connectivity index (χ1) is 12.8. The molecular formula is C17H20Cl2N4O3S. The van der Waals surface area contributed by atoms with Crippen molar-refractivity contribution in [3.63, 3.8) is 0 Å². The summed E-state index contributed by atoms with van der Waals surface area (Å²) >= 11 is 12.1. The lowest BCUT2D eigenvalue weighted by molar-refractivity contribution is -0.126. The Hall–Kier alpha value is -1.61. The number of carbonyl (C=O) groups excluding carboxylic acids is 1. The molecule has 1 aliphatic rings. The largest absolute Gasteiger partial charge is 0.352 e. The van der Waals surface area contributed by atoms with E-state index in [2.05, 4.69) is 10.3 Å². The van der Waals surface area contributed by atoms with Crippen LogP contribution < -0.4 is 5.32 Å². The predicted octanol–water partition coefficient (Wildman–Crippen LogP) is 2.44. The van der Waals surface area contributed by atoms with Crippen LogP contribution in [0.4, 0.5) is 0 Å². The van der Waals surface area contributed by atoms with Gasteiger partial charge in [-0.25, -0.2) is 13.4 Å². The Bertz CT molecular complexity index is 945. The fourth-order valence-electron chi connectivity index (χ4n) is 3.04. The molecule has 2 aromatic rings. The summed E-state index contributed by atoms with van der Waals surface area (Å²) in [5.74, 6) is -0.623. The molecule has 1 aromatic heterocycles. The van der Waals surface area contributed by atoms with Crippen molar-refractivity contribution in [2.75, 3.05) is 13.1 Å². The van der Waals surface area contributed by atoms with Gasteiger partial charge in [0.25, 0.3) is 10.0 Å². The third-order valence-electron chi connectivity index (χ3n) is 4.52. The summed E-state index contributed by atoms with van der Waals surface area (Å²) in [4.78, 5) is 16.5. The number of sulfonamides is 1. The molecule has 1 saturated heterocycles. The smallest absolute Gasteiger partial charge is 0.262 e. The number of hydrogen-bond acceptors (Lipinski definition) is 4. The lowest BCUT2D eigenvalue weighted by atomic mass is 9.99. The molecule has 1 amide bonds. The fraction of sp³-hybridized carbons (Fsp3) is 0.412. The molecule has 1 fully saturated rings. The number of halogens is 2. The highest BCUT2D eigenvalue weighted by atomic mass is 35.5. The van der Waals surface area contributed by atoms with Crippen molar-refractivity contribution in [1.29, 1.82) is 0 Å². The summed E-state index contributed by atoms with van der Waals surface area (Å²) in [6.07, 6.45) is 4.14. The van der Waals surface area contributed by atoms with Crippen molar-refractivity contribution in [3.8, 4) is 0 Å². The highest BCUT2D eigenvalue weighted by molar-refractivity contribution is 7.89. The van der Waals surface area contributed by atoms with Gasteiger partial charge in [0.1, 0.15) is 0 Å². The standard InChI is InChI=1S/C17H20Cl2N4O3S/c1-22-10-15(21-11-22)27(25,26)23-7-3-5-13(9-23)17(24)20-8-12-4-2-6-14(18)16(12)19/h2,4,6,10-11,13H,3,5,7-9H2,1H3,(H,20,24)/t13-/m1/s1. The SMILES string of the molecule is Cn1cnc(S(=O)(=O)N2CCC[C@@H](C(=O)NCc3cccc(Cl)c3Cl)C2)c1. The first-order valence-corrected chi connectivity index (χ1v) is 10.7. The lowest BCUT2D eigenvalue weighted by Crippen LogP contribution is -2.45. The predicted molar refractivity (Wildman–Crippen MR) is 103 cm³/mol. The monoisotopic (exact) mass is 430 g/mol. The second kappa shape index (κ2) is 8.18. The highest BCUT2D eigenvalue weighted by Gasteiger charge is 2.34. The van der Waals surface area contributed by atoms with E-state index in [4.69, 9.17) is 23.2 Å². The average Bonchev–Trinajstić information content (AvgIpc) is 3.10. The Morgan fingerprint density at radius 3 is 2.85 bits per heavy atom. The maximum Gasteiger partial charge on any atom is 0.262 e. The summed E-state index contributed by atoms with van der Waals surface area (Å²) in [5.41, 5.74) is 0.714. The van der Waals surface area contributed by atoms with E-state index in [0.717, 1.165) is 0 Å². The van der Waals surface area contributed by atoms with E-state index in [-0.39, 0.29) is 24.0 Å². The van der Waals surface area contributed by atoms with E-state index in [0.29, 0.717) is 35.0 Å². The van der Waals surface area contributed by atoms with E-state index in [9.17, 15) is 13.2 Å². The summed E-state index contributed by atoms with van der Waals surface area (Å²) in [5, 5.41) is 3.66. The van der Waals surface area contributed by atoms with Gasteiger partial charge in [-0.2, -0.15) is 4.31 Å². The van der Waals surface area contributed by atoms with Gasteiger partial charge in [0.15, 0.2) is 5.03 Å². The number of amides is 1. The number of rotatable bonds is 5. The van der Waals surface area contributed by atoms with Gasteiger partial charge in [-0.05, 0) is 24.5 Å². The van der Waals surface area contributed by atoms with Gasteiger partial charge in [0.05, 0.1) is 22.3 Å². The second-order valence-electron chi connectivity index (χ2n) is 6.51. The minimum atomic E-state index is -3.70. The molecule has 1 N–H and O–H groups in total. The molecule has 7 nitrogen and oxygen atoms in total. The van der Waals surface area contributed by atoms with Gasteiger partial charge < -0.3 is 9.88 Å². The summed E-state index contributed by atoms with van der Waals surface area (Å²) < 4.78 is 28.3. The summed E-state index contributed by atoms with van der Waals surface area (Å²) in [7, 11) is -2.00. The molecular weight excluding hydrogens is 411 g/mol. The van der Waals surface area contributed by atoms with Crippen LogP contribution >= 0.6 is 23.2 Å². The van der Waals surface area contributed by atoms with E-state index in [1.54, 1.807) is 29.8 Å². The minimum Gasteiger partial charge on any atom is -0.352 e. The van der Waals surface area contributed by atoms with Gasteiger partial charge in [-0.15, -0.1) is 0 Å². The third kappa shape index (κ3) is 4.45. The Balaban J connectivity index is 1.65. The number of nitrogens with one attached hydrogen (secondary N) is 1. The zero-order chi connectivity index (χ0) is 19.6. The number of carbonyl (C=O) groups is 1. The number of imidazole rings is 1. The Kier molecular flexibility index (Phi) is 6.10. The van der Waals surface area contributed by atoms with E-state index < -0.39 is 15.9 Å². The maximum absolute atomic E-state index is 12.7. The van der Waals surface area contributed by atoms with Crippen molar-refractivity contribution in [1.82, 2.24) is 19.2 Å². The number of benzene rings is 1. The molecule has 1 atom stereocenters. The molecule has 3 rings (SSSR count). The zero-order valence-electron chi connectivity index (χ0n) is 14.7. The van der Waals surface area contributed by atoms with Crippen LogP contribution in [0.15, 0.2) is 35.7 Å². The Labute approximate surface area is 168 Å². The molecule has 0 bridgehead atoms. The molecule has 1 aliphatic heterocycles. The molecule has 0 saturated carbocycles. The van der Waals surface area contributed by atoms with E-state index in [1.165, 1.54) is 16.8 Å². The second-order valence-corrected chi connectivity index (χ2v) is 9.18. The topological polar surface area (TPSA) is 84.3 Å². The maximum atomic E-state index is 12.7. The fourth-order valence-corrected chi connectivity index (χ4v) is 4.92. The number of piperidine rings is 1. The van der Waals surface area contributed by atoms with Crippen molar-refractivity contribution in [2.24, 2.45) is 13.0 Å². The van der Waals surface area contributed by atoms with Gasteiger partial charge >= 0.3 is 0 Å². The third-order valence-corrected chi connectivity index (χ3v) is 7.13. The molecule has 2 heterocycles. The van der Waals surface area contributed by atoms with Gasteiger partial charge in [0.2, 0.25) is 5.91 Å². The normalized spacial score (nSPS) is 18.4. The van der Waals surface area contributed by atoms with Crippen molar-refractivity contribution in [3.05, 3.63) is 46.3 Å². The number of hydrogen-bond donors (Lipinski definition) is 1. The number of nitrogens with zero attached hydrogens (tertiary/aromatic N) is 3. The van der Waals surface area contributed by atoms with Crippen molar-refractivity contribution in [2.45, 2.75) is 24.4 Å². The van der Waals surface area contributed by atoms with Crippen LogP contribution in [0.3, 0.4) is 0 Å². The Morgan fingerprint density at radius 2 is 2.15 bits per heavy atom. The van der Waals surface area contributed by atoms with Crippen molar-refractivity contribution >= 4 is 39.1 Å². The number of aromatic nitrogens is 2. The van der Waals surface area contributed by atoms with E-state index in [1.807, 2.05) is 0 Å². The average molecular weight is 431 g/mol.